The molecule has 0 spiro atoms. The van der Waals surface area contributed by atoms with Crippen molar-refractivity contribution < 1.29 is 0 Å². The van der Waals surface area contributed by atoms with Crippen molar-refractivity contribution in [2.75, 3.05) is 12.4 Å². The van der Waals surface area contributed by atoms with Crippen molar-refractivity contribution in [1.82, 2.24) is 0 Å². The molecular weight excluding hydrogens is 109 g/mol. The van der Waals surface area contributed by atoms with Crippen molar-refractivity contribution in [1.29, 1.82) is 0 Å². The van der Waals surface area contributed by atoms with Crippen LogP contribution in [0.3, 0.4) is 0 Å². The maximum absolute atomic E-state index is 5.49. The highest BCUT2D eigenvalue weighted by molar-refractivity contribution is 6.32. The Balaban J connectivity index is 2.94. The standard InChI is InChI=1S/C7H8BN/c1-9-7-4-2-3-6(8)5-7/h2-5,9H,1H3. The van der Waals surface area contributed by atoms with Gasteiger partial charge in [0.1, 0.15) is 7.85 Å². The summed E-state index contributed by atoms with van der Waals surface area (Å²) in [7, 11) is 7.36. The predicted molar refractivity (Wildman–Crippen MR) is 41.4 cm³/mol. The summed E-state index contributed by atoms with van der Waals surface area (Å²) >= 11 is 0. The molecule has 44 valence electrons. The van der Waals surface area contributed by atoms with Crippen molar-refractivity contribution in [2.45, 2.75) is 0 Å². The minimum atomic E-state index is 0.793. The molecule has 0 atom stereocenters. The molecule has 0 aliphatic heterocycles. The van der Waals surface area contributed by atoms with Crippen LogP contribution in [-0.2, 0) is 0 Å². The first kappa shape index (κ1) is 6.21. The molecule has 0 amide bonds. The topological polar surface area (TPSA) is 12.0 Å². The third kappa shape index (κ3) is 1.49. The van der Waals surface area contributed by atoms with Crippen LogP contribution in [0.2, 0.25) is 0 Å². The molecule has 1 N–H and O–H groups in total. The molecule has 1 aromatic carbocycles. The molecule has 0 heterocycles. The van der Waals surface area contributed by atoms with Crippen LogP contribution in [-0.4, -0.2) is 14.9 Å². The fraction of sp³-hybridized carbons (Fsp3) is 0.143. The van der Waals surface area contributed by atoms with Crippen molar-refractivity contribution in [3.63, 3.8) is 0 Å². The first-order valence-electron chi connectivity index (χ1n) is 2.86. The van der Waals surface area contributed by atoms with Crippen molar-refractivity contribution >= 4 is 19.0 Å². The summed E-state index contributed by atoms with van der Waals surface area (Å²) < 4.78 is 0. The lowest BCUT2D eigenvalue weighted by atomic mass is 9.96. The second-order valence-corrected chi connectivity index (χ2v) is 1.88. The first-order chi connectivity index (χ1) is 4.33. The van der Waals surface area contributed by atoms with Crippen LogP contribution in [0.15, 0.2) is 24.3 Å². The fourth-order valence-corrected chi connectivity index (χ4v) is 0.694. The van der Waals surface area contributed by atoms with Crippen LogP contribution in [0.25, 0.3) is 0 Å². The molecular formula is C7H8BN. The van der Waals surface area contributed by atoms with Gasteiger partial charge >= 0.3 is 0 Å². The average Bonchev–Trinajstić information content (AvgIpc) is 1.88. The SMILES string of the molecule is [B]c1cccc(NC)c1. The monoisotopic (exact) mass is 117 g/mol. The maximum atomic E-state index is 5.49. The predicted octanol–water partition coefficient (Wildman–Crippen LogP) is 0.522. The Hall–Kier alpha value is -0.915. The first-order valence-corrected chi connectivity index (χ1v) is 2.86. The van der Waals surface area contributed by atoms with Gasteiger partial charge in [-0.25, -0.2) is 0 Å². The largest absolute Gasteiger partial charge is 0.388 e. The molecule has 0 saturated carbocycles. The highest BCUT2D eigenvalue weighted by Gasteiger charge is 1.84. The van der Waals surface area contributed by atoms with Gasteiger partial charge in [-0.05, 0) is 12.1 Å². The molecule has 0 aliphatic rings. The summed E-state index contributed by atoms with van der Waals surface area (Å²) in [6.45, 7) is 0. The van der Waals surface area contributed by atoms with E-state index in [0.717, 1.165) is 11.2 Å². The van der Waals surface area contributed by atoms with E-state index in [1.165, 1.54) is 0 Å². The van der Waals surface area contributed by atoms with Gasteiger partial charge in [-0.2, -0.15) is 0 Å². The summed E-state index contributed by atoms with van der Waals surface area (Å²) in [5.41, 5.74) is 1.84. The molecule has 9 heavy (non-hydrogen) atoms. The van der Waals surface area contributed by atoms with Crippen LogP contribution in [0, 0.1) is 0 Å². The molecule has 0 aromatic heterocycles. The van der Waals surface area contributed by atoms with Gasteiger partial charge < -0.3 is 5.32 Å². The molecule has 0 aliphatic carbocycles. The molecule has 2 heteroatoms. The summed E-state index contributed by atoms with van der Waals surface area (Å²) in [6.07, 6.45) is 0. The molecule has 1 aromatic rings. The van der Waals surface area contributed by atoms with E-state index in [9.17, 15) is 0 Å². The van der Waals surface area contributed by atoms with E-state index < -0.39 is 0 Å². The zero-order chi connectivity index (χ0) is 6.69. The van der Waals surface area contributed by atoms with Crippen LogP contribution in [0.4, 0.5) is 5.69 Å². The van der Waals surface area contributed by atoms with Crippen LogP contribution < -0.4 is 10.8 Å². The average molecular weight is 117 g/mol. The van der Waals surface area contributed by atoms with E-state index in [0.29, 0.717) is 0 Å². The number of nitrogens with one attached hydrogen (secondary N) is 1. The van der Waals surface area contributed by atoms with Crippen LogP contribution >= 0.6 is 0 Å². The zero-order valence-corrected chi connectivity index (χ0v) is 5.39. The Morgan fingerprint density at radius 1 is 1.44 bits per heavy atom. The Labute approximate surface area is 56.5 Å². The third-order valence-corrected chi connectivity index (χ3v) is 1.18. The minimum absolute atomic E-state index is 0.793. The van der Waals surface area contributed by atoms with Crippen LogP contribution in [0.1, 0.15) is 0 Å². The highest BCUT2D eigenvalue weighted by atomic mass is 14.8. The summed E-state index contributed by atoms with van der Waals surface area (Å²) in [6, 6.07) is 7.64. The number of benzene rings is 1. The lowest BCUT2D eigenvalue weighted by Gasteiger charge is -1.98. The Bertz CT molecular complexity index is 198. The normalized spacial score (nSPS) is 9.00. The number of rotatable bonds is 1. The van der Waals surface area contributed by atoms with E-state index in [4.69, 9.17) is 7.85 Å². The maximum Gasteiger partial charge on any atom is 0.113 e. The smallest absolute Gasteiger partial charge is 0.113 e. The number of anilines is 1. The van der Waals surface area contributed by atoms with Crippen molar-refractivity contribution in [3.8, 4) is 0 Å². The molecule has 1 rings (SSSR count). The van der Waals surface area contributed by atoms with E-state index in [-0.39, 0.29) is 0 Å². The Kier molecular flexibility index (Phi) is 1.78. The Morgan fingerprint density at radius 3 is 2.67 bits per heavy atom. The summed E-state index contributed by atoms with van der Waals surface area (Å²) in [5, 5.41) is 2.99. The number of hydrogen-bond acceptors (Lipinski definition) is 1. The zero-order valence-electron chi connectivity index (χ0n) is 5.39. The summed E-state index contributed by atoms with van der Waals surface area (Å²) in [5.74, 6) is 0. The van der Waals surface area contributed by atoms with Gasteiger partial charge in [-0.15, -0.1) is 0 Å². The minimum Gasteiger partial charge on any atom is -0.388 e. The summed E-state index contributed by atoms with van der Waals surface area (Å²) in [4.78, 5) is 0. The van der Waals surface area contributed by atoms with Gasteiger partial charge in [0.05, 0.1) is 0 Å². The lowest BCUT2D eigenvalue weighted by molar-refractivity contribution is 1.53. The number of hydrogen-bond donors (Lipinski definition) is 1. The van der Waals surface area contributed by atoms with Gasteiger partial charge in [-0.1, -0.05) is 17.6 Å². The van der Waals surface area contributed by atoms with Crippen LogP contribution in [0.5, 0.6) is 0 Å². The Morgan fingerprint density at radius 2 is 2.22 bits per heavy atom. The lowest BCUT2D eigenvalue weighted by Crippen LogP contribution is -2.01. The molecule has 0 fully saturated rings. The molecule has 1 nitrogen and oxygen atoms in total. The van der Waals surface area contributed by atoms with Gasteiger partial charge in [-0.3, -0.25) is 0 Å². The molecule has 0 saturated heterocycles. The van der Waals surface area contributed by atoms with E-state index in [2.05, 4.69) is 5.32 Å². The second kappa shape index (κ2) is 2.58. The van der Waals surface area contributed by atoms with Crippen molar-refractivity contribution in [2.24, 2.45) is 0 Å². The van der Waals surface area contributed by atoms with Gasteiger partial charge in [0.25, 0.3) is 0 Å². The van der Waals surface area contributed by atoms with Gasteiger partial charge in [0.2, 0.25) is 0 Å². The quantitative estimate of drug-likeness (QED) is 0.528. The highest BCUT2D eigenvalue weighted by Crippen LogP contribution is 1.99. The molecule has 0 unspecified atom stereocenters. The van der Waals surface area contributed by atoms with Gasteiger partial charge in [0, 0.05) is 12.7 Å². The van der Waals surface area contributed by atoms with E-state index in [1.807, 2.05) is 31.3 Å². The fourth-order valence-electron chi connectivity index (χ4n) is 0.694. The second-order valence-electron chi connectivity index (χ2n) is 1.88. The van der Waals surface area contributed by atoms with Gasteiger partial charge in [0.15, 0.2) is 0 Å². The third-order valence-electron chi connectivity index (χ3n) is 1.18. The molecule has 0 bridgehead atoms. The molecule has 2 radical (unpaired) electrons. The van der Waals surface area contributed by atoms with E-state index in [1.54, 1.807) is 0 Å². The van der Waals surface area contributed by atoms with E-state index >= 15 is 0 Å². The van der Waals surface area contributed by atoms with Crippen molar-refractivity contribution in [3.05, 3.63) is 24.3 Å².